The van der Waals surface area contributed by atoms with Gasteiger partial charge in [-0.15, -0.1) is 0 Å². The number of halogens is 1. The van der Waals surface area contributed by atoms with Gasteiger partial charge in [0.2, 0.25) is 0 Å². The number of nitrogens with zero attached hydrogens (tertiary/aromatic N) is 2. The van der Waals surface area contributed by atoms with Gasteiger partial charge in [0.05, 0.1) is 22.1 Å². The minimum absolute atomic E-state index is 0.0193. The number of aromatic nitrogens is 3. The Bertz CT molecular complexity index is 1950. The topological polar surface area (TPSA) is 137 Å². The predicted octanol–water partition coefficient (Wildman–Crippen LogP) is 3.25. The van der Waals surface area contributed by atoms with Crippen molar-refractivity contribution in [2.24, 2.45) is 0 Å². The number of carbonyl (C=O) groups is 1. The van der Waals surface area contributed by atoms with Crippen molar-refractivity contribution in [2.75, 3.05) is 17.7 Å². The third-order valence-corrected chi connectivity index (χ3v) is 7.26. The number of Topliss-reactive ketones (excluding diaryl/α,β-unsaturated/α-hetero) is 1. The van der Waals surface area contributed by atoms with Crippen LogP contribution in [0.25, 0.3) is 27.5 Å². The summed E-state index contributed by atoms with van der Waals surface area (Å²) in [4.78, 5) is 43.2. The van der Waals surface area contributed by atoms with Gasteiger partial charge >= 0.3 is 5.69 Å². The van der Waals surface area contributed by atoms with E-state index < -0.39 is 32.6 Å². The van der Waals surface area contributed by atoms with Gasteiger partial charge in [0.25, 0.3) is 5.56 Å². The highest BCUT2D eigenvalue weighted by atomic mass is 79.9. The van der Waals surface area contributed by atoms with E-state index in [2.05, 4.69) is 20.9 Å². The van der Waals surface area contributed by atoms with Gasteiger partial charge in [0, 0.05) is 28.3 Å². The number of H-pyrrole nitrogens is 1. The number of rotatable bonds is 6. The average molecular weight is 581 g/mol. The molecule has 0 spiro atoms. The Kier molecular flexibility index (Phi) is 6.12. The van der Waals surface area contributed by atoms with E-state index in [-0.39, 0.29) is 23.3 Å². The third kappa shape index (κ3) is 4.63. The zero-order chi connectivity index (χ0) is 26.5. The molecule has 2 aromatic heterocycles. The smallest absolute Gasteiger partial charge is 0.333 e. The monoisotopic (exact) mass is 580 g/mol. The van der Waals surface area contributed by atoms with Gasteiger partial charge in [-0.3, -0.25) is 9.59 Å². The molecule has 0 bridgehead atoms. The van der Waals surface area contributed by atoms with Crippen LogP contribution in [0.3, 0.4) is 0 Å². The molecule has 188 valence electrons. The molecule has 3 aromatic carbocycles. The van der Waals surface area contributed by atoms with E-state index in [0.717, 1.165) is 16.4 Å². The van der Waals surface area contributed by atoms with Crippen LogP contribution in [0.15, 0.2) is 80.8 Å². The fraction of sp³-hybridized carbons (Fsp3) is 0.115. The molecule has 5 rings (SSSR count). The predicted molar refractivity (Wildman–Crippen MR) is 147 cm³/mol. The minimum Gasteiger partial charge on any atom is -0.399 e. The maximum Gasteiger partial charge on any atom is 0.333 e. The fourth-order valence-corrected chi connectivity index (χ4v) is 5.50. The maximum absolute atomic E-state index is 13.6. The summed E-state index contributed by atoms with van der Waals surface area (Å²) in [6, 6.07) is 18.8. The number of hydrogen-bond acceptors (Lipinski definition) is 6. The number of benzene rings is 3. The molecule has 0 unspecified atom stereocenters. The van der Waals surface area contributed by atoms with Crippen LogP contribution in [0.1, 0.15) is 16.1 Å². The van der Waals surface area contributed by atoms with Crippen molar-refractivity contribution in [3.05, 3.63) is 103 Å². The molecule has 0 amide bonds. The summed E-state index contributed by atoms with van der Waals surface area (Å²) in [6.07, 6.45) is 0.959. The number of sulfone groups is 1. The standard InChI is InChI=1S/C26H21BrN4O5S/c1-37(35,36)14-22(32)24-23(31-25(33)18-7-2-3-8-20(18)29-26(31)34)19-12-16(27)9-10-21(19)30(24)13-15-5-4-6-17(28)11-15/h2-12H,13-14,28H2,1H3,(H,29,34). The van der Waals surface area contributed by atoms with E-state index in [1.807, 2.05) is 6.07 Å². The van der Waals surface area contributed by atoms with Crippen molar-refractivity contribution in [3.63, 3.8) is 0 Å². The molecule has 11 heteroatoms. The molecular weight excluding hydrogens is 560 g/mol. The van der Waals surface area contributed by atoms with Gasteiger partial charge in [-0.05, 0) is 48.0 Å². The molecule has 2 heterocycles. The third-order valence-electron chi connectivity index (χ3n) is 5.98. The van der Waals surface area contributed by atoms with Crippen molar-refractivity contribution in [3.8, 4) is 5.69 Å². The lowest BCUT2D eigenvalue weighted by atomic mass is 10.1. The first kappa shape index (κ1) is 24.7. The highest BCUT2D eigenvalue weighted by Crippen LogP contribution is 2.32. The number of carbonyl (C=O) groups excluding carboxylic acids is 1. The molecule has 0 atom stereocenters. The highest BCUT2D eigenvalue weighted by Gasteiger charge is 2.28. The molecule has 0 radical (unpaired) electrons. The summed E-state index contributed by atoms with van der Waals surface area (Å²) in [6.45, 7) is 0.147. The lowest BCUT2D eigenvalue weighted by molar-refractivity contribution is 0.101. The number of nitrogens with one attached hydrogen (secondary N) is 1. The summed E-state index contributed by atoms with van der Waals surface area (Å²) in [5, 5.41) is 0.674. The van der Waals surface area contributed by atoms with Crippen molar-refractivity contribution in [2.45, 2.75) is 6.54 Å². The largest absolute Gasteiger partial charge is 0.399 e. The number of nitrogens with two attached hydrogens (primary N) is 1. The van der Waals surface area contributed by atoms with Gasteiger partial charge in [0.1, 0.15) is 11.4 Å². The summed E-state index contributed by atoms with van der Waals surface area (Å²) < 4.78 is 27.5. The minimum atomic E-state index is -3.73. The Labute approximate surface area is 219 Å². The number of ketones is 1. The highest BCUT2D eigenvalue weighted by molar-refractivity contribution is 9.10. The van der Waals surface area contributed by atoms with E-state index in [9.17, 15) is 22.8 Å². The van der Waals surface area contributed by atoms with Crippen LogP contribution >= 0.6 is 15.9 Å². The number of fused-ring (bicyclic) bond motifs is 2. The van der Waals surface area contributed by atoms with Crippen LogP contribution in [-0.4, -0.2) is 40.3 Å². The second kappa shape index (κ2) is 9.16. The number of anilines is 1. The fourth-order valence-electron chi connectivity index (χ4n) is 4.53. The molecule has 0 fully saturated rings. The molecule has 9 nitrogen and oxygen atoms in total. The van der Waals surface area contributed by atoms with Crippen LogP contribution in [0.4, 0.5) is 5.69 Å². The Morgan fingerprint density at radius 1 is 1.00 bits per heavy atom. The molecule has 0 saturated heterocycles. The average Bonchev–Trinajstić information content (AvgIpc) is 3.11. The number of aromatic amines is 1. The molecule has 0 aliphatic carbocycles. The van der Waals surface area contributed by atoms with E-state index in [1.165, 1.54) is 0 Å². The summed E-state index contributed by atoms with van der Waals surface area (Å²) >= 11 is 3.43. The van der Waals surface area contributed by atoms with E-state index in [1.54, 1.807) is 65.2 Å². The Morgan fingerprint density at radius 2 is 1.76 bits per heavy atom. The van der Waals surface area contributed by atoms with Gasteiger partial charge in [0.15, 0.2) is 15.6 Å². The van der Waals surface area contributed by atoms with E-state index >= 15 is 0 Å². The lowest BCUT2D eigenvalue weighted by Crippen LogP contribution is -2.35. The molecule has 0 saturated carbocycles. The first-order valence-electron chi connectivity index (χ1n) is 11.1. The second-order valence-corrected chi connectivity index (χ2v) is 11.9. The molecule has 0 aliphatic rings. The van der Waals surface area contributed by atoms with Crippen LogP contribution in [-0.2, 0) is 16.4 Å². The zero-order valence-corrected chi connectivity index (χ0v) is 22.0. The first-order chi connectivity index (χ1) is 17.5. The molecule has 3 N–H and O–H groups in total. The first-order valence-corrected chi connectivity index (χ1v) is 14.0. The summed E-state index contributed by atoms with van der Waals surface area (Å²) in [5.41, 5.74) is 6.69. The second-order valence-electron chi connectivity index (χ2n) is 8.80. The van der Waals surface area contributed by atoms with Crippen molar-refractivity contribution in [1.29, 1.82) is 0 Å². The molecule has 5 aromatic rings. The zero-order valence-electron chi connectivity index (χ0n) is 19.6. The van der Waals surface area contributed by atoms with Gasteiger partial charge < -0.3 is 15.3 Å². The van der Waals surface area contributed by atoms with Gasteiger partial charge in [-0.1, -0.05) is 40.2 Å². The van der Waals surface area contributed by atoms with E-state index in [4.69, 9.17) is 5.73 Å². The Hall–Kier alpha value is -3.96. The van der Waals surface area contributed by atoms with Crippen LogP contribution in [0.5, 0.6) is 0 Å². The maximum atomic E-state index is 13.6. The van der Waals surface area contributed by atoms with Crippen LogP contribution in [0, 0.1) is 0 Å². The number of nitrogen functional groups attached to an aromatic ring is 1. The van der Waals surface area contributed by atoms with Crippen LogP contribution in [0.2, 0.25) is 0 Å². The van der Waals surface area contributed by atoms with Crippen molar-refractivity contribution < 1.29 is 13.2 Å². The van der Waals surface area contributed by atoms with Crippen LogP contribution < -0.4 is 17.0 Å². The molecule has 37 heavy (non-hydrogen) atoms. The number of para-hydroxylation sites is 1. The van der Waals surface area contributed by atoms with Gasteiger partial charge in [-0.25, -0.2) is 17.8 Å². The summed E-state index contributed by atoms with van der Waals surface area (Å²) in [7, 11) is -3.73. The van der Waals surface area contributed by atoms with Crippen molar-refractivity contribution >= 4 is 59.0 Å². The molecule has 0 aliphatic heterocycles. The molecular formula is C26H21BrN4O5S. The lowest BCUT2D eigenvalue weighted by Gasteiger charge is -2.13. The van der Waals surface area contributed by atoms with Crippen molar-refractivity contribution in [1.82, 2.24) is 14.1 Å². The normalized spacial score (nSPS) is 11.8. The number of hydrogen-bond donors (Lipinski definition) is 2. The van der Waals surface area contributed by atoms with Gasteiger partial charge in [-0.2, -0.15) is 0 Å². The van der Waals surface area contributed by atoms with E-state index in [0.29, 0.717) is 26.6 Å². The summed E-state index contributed by atoms with van der Waals surface area (Å²) in [5.74, 6) is -1.54. The Morgan fingerprint density at radius 3 is 2.49 bits per heavy atom. The quantitative estimate of drug-likeness (QED) is 0.233. The Balaban J connectivity index is 1.93. The SMILES string of the molecule is CS(=O)(=O)CC(=O)c1c(-n2c(=O)[nH]c3ccccc3c2=O)c2cc(Br)ccc2n1Cc1cccc(N)c1.